The monoisotopic (exact) mass is 301 g/mol. The zero-order valence-electron chi connectivity index (χ0n) is 13.1. The standard InChI is InChI=1S/C15H27NO5/c1-10(2)8-12(14(19)21-3)16-9-15(20)6-4-11(5-7-15)13(17)18/h10-12,16,20H,4-9H2,1-3H3,(H,17,18). The molecule has 0 amide bonds. The maximum atomic E-state index is 11.7. The van der Waals surface area contributed by atoms with Gasteiger partial charge in [0.1, 0.15) is 6.04 Å². The summed E-state index contributed by atoms with van der Waals surface area (Å²) in [5.41, 5.74) is -0.935. The molecule has 1 fully saturated rings. The van der Waals surface area contributed by atoms with Crippen LogP contribution in [0.2, 0.25) is 0 Å². The van der Waals surface area contributed by atoms with Crippen LogP contribution in [0.3, 0.4) is 0 Å². The van der Waals surface area contributed by atoms with Gasteiger partial charge < -0.3 is 20.3 Å². The Kier molecular flexibility index (Phi) is 6.61. The first-order chi connectivity index (χ1) is 9.77. The van der Waals surface area contributed by atoms with Gasteiger partial charge in [-0.2, -0.15) is 0 Å². The van der Waals surface area contributed by atoms with E-state index in [1.54, 1.807) is 0 Å². The first-order valence-electron chi connectivity index (χ1n) is 7.54. The first kappa shape index (κ1) is 17.9. The van der Waals surface area contributed by atoms with E-state index in [-0.39, 0.29) is 18.4 Å². The summed E-state index contributed by atoms with van der Waals surface area (Å²) >= 11 is 0. The van der Waals surface area contributed by atoms with Crippen LogP contribution >= 0.6 is 0 Å². The molecule has 0 aromatic rings. The van der Waals surface area contributed by atoms with Crippen molar-refractivity contribution < 1.29 is 24.5 Å². The molecule has 21 heavy (non-hydrogen) atoms. The lowest BCUT2D eigenvalue weighted by molar-refractivity contribution is -0.144. The minimum atomic E-state index is -0.935. The van der Waals surface area contributed by atoms with E-state index in [0.717, 1.165) is 0 Å². The van der Waals surface area contributed by atoms with Crippen molar-refractivity contribution in [3.8, 4) is 0 Å². The van der Waals surface area contributed by atoms with E-state index >= 15 is 0 Å². The average molecular weight is 301 g/mol. The number of aliphatic carboxylic acids is 1. The van der Waals surface area contributed by atoms with Crippen molar-refractivity contribution in [1.29, 1.82) is 0 Å². The summed E-state index contributed by atoms with van der Waals surface area (Å²) in [7, 11) is 1.35. The molecule has 122 valence electrons. The molecule has 0 heterocycles. The zero-order chi connectivity index (χ0) is 16.0. The van der Waals surface area contributed by atoms with Crippen LogP contribution in [0, 0.1) is 11.8 Å². The highest BCUT2D eigenvalue weighted by Gasteiger charge is 2.36. The molecule has 0 aliphatic heterocycles. The maximum absolute atomic E-state index is 11.7. The topological polar surface area (TPSA) is 95.9 Å². The minimum absolute atomic E-state index is 0.284. The maximum Gasteiger partial charge on any atom is 0.322 e. The molecular formula is C15H27NO5. The second-order valence-electron chi connectivity index (χ2n) is 6.42. The van der Waals surface area contributed by atoms with Crippen LogP contribution in [0.5, 0.6) is 0 Å². The Morgan fingerprint density at radius 2 is 1.90 bits per heavy atom. The molecule has 0 saturated heterocycles. The fourth-order valence-corrected chi connectivity index (χ4v) is 2.77. The van der Waals surface area contributed by atoms with Gasteiger partial charge in [0.05, 0.1) is 18.6 Å². The predicted octanol–water partition coefficient (Wildman–Crippen LogP) is 1.17. The summed E-state index contributed by atoms with van der Waals surface area (Å²) < 4.78 is 4.77. The molecule has 1 aliphatic rings. The highest BCUT2D eigenvalue weighted by Crippen LogP contribution is 2.32. The molecule has 0 aromatic carbocycles. The van der Waals surface area contributed by atoms with Gasteiger partial charge in [-0.15, -0.1) is 0 Å². The van der Waals surface area contributed by atoms with Gasteiger partial charge in [0.25, 0.3) is 0 Å². The lowest BCUT2D eigenvalue weighted by Crippen LogP contribution is -2.49. The number of carboxylic acids is 1. The number of ether oxygens (including phenoxy) is 1. The quantitative estimate of drug-likeness (QED) is 0.611. The van der Waals surface area contributed by atoms with Gasteiger partial charge in [-0.05, 0) is 38.0 Å². The summed E-state index contributed by atoms with van der Waals surface area (Å²) in [5, 5.41) is 22.6. The molecule has 6 nitrogen and oxygen atoms in total. The average Bonchev–Trinajstić information content (AvgIpc) is 2.42. The smallest absolute Gasteiger partial charge is 0.322 e. The molecule has 1 unspecified atom stereocenters. The van der Waals surface area contributed by atoms with E-state index < -0.39 is 17.6 Å². The van der Waals surface area contributed by atoms with Gasteiger partial charge in [0.15, 0.2) is 0 Å². The molecule has 3 N–H and O–H groups in total. The van der Waals surface area contributed by atoms with Crippen LogP contribution in [0.4, 0.5) is 0 Å². The van der Waals surface area contributed by atoms with Crippen molar-refractivity contribution in [2.24, 2.45) is 11.8 Å². The highest BCUT2D eigenvalue weighted by atomic mass is 16.5. The Morgan fingerprint density at radius 1 is 1.33 bits per heavy atom. The van der Waals surface area contributed by atoms with Crippen LogP contribution < -0.4 is 5.32 Å². The lowest BCUT2D eigenvalue weighted by atomic mass is 9.78. The minimum Gasteiger partial charge on any atom is -0.481 e. The molecule has 1 rings (SSSR count). The van der Waals surface area contributed by atoms with E-state index in [1.807, 2.05) is 13.8 Å². The number of hydrogen-bond donors (Lipinski definition) is 3. The Morgan fingerprint density at radius 3 is 2.33 bits per heavy atom. The zero-order valence-corrected chi connectivity index (χ0v) is 13.1. The van der Waals surface area contributed by atoms with E-state index in [0.29, 0.717) is 38.0 Å². The molecule has 1 aliphatic carbocycles. The number of hydrogen-bond acceptors (Lipinski definition) is 5. The van der Waals surface area contributed by atoms with Crippen LogP contribution in [0.1, 0.15) is 46.0 Å². The van der Waals surface area contributed by atoms with Crippen molar-refractivity contribution in [2.45, 2.75) is 57.6 Å². The van der Waals surface area contributed by atoms with E-state index in [2.05, 4.69) is 5.32 Å². The molecular weight excluding hydrogens is 274 g/mol. The third kappa shape index (κ3) is 5.63. The van der Waals surface area contributed by atoms with Gasteiger partial charge in [-0.3, -0.25) is 9.59 Å². The molecule has 1 saturated carbocycles. The van der Waals surface area contributed by atoms with Crippen molar-refractivity contribution in [1.82, 2.24) is 5.32 Å². The van der Waals surface area contributed by atoms with Crippen LogP contribution in [-0.2, 0) is 14.3 Å². The van der Waals surface area contributed by atoms with Crippen molar-refractivity contribution in [3.05, 3.63) is 0 Å². The van der Waals surface area contributed by atoms with E-state index in [9.17, 15) is 14.7 Å². The number of nitrogens with one attached hydrogen (secondary N) is 1. The normalized spacial score (nSPS) is 27.4. The third-order valence-corrected chi connectivity index (χ3v) is 4.14. The number of esters is 1. The number of carbonyl (C=O) groups is 2. The van der Waals surface area contributed by atoms with E-state index in [4.69, 9.17) is 9.84 Å². The Hall–Kier alpha value is -1.14. The van der Waals surface area contributed by atoms with E-state index in [1.165, 1.54) is 7.11 Å². The number of aliphatic hydroxyl groups is 1. The van der Waals surface area contributed by atoms with Crippen LogP contribution in [0.25, 0.3) is 0 Å². The van der Waals surface area contributed by atoms with Crippen molar-refractivity contribution >= 4 is 11.9 Å². The Balaban J connectivity index is 2.51. The summed E-state index contributed by atoms with van der Waals surface area (Å²) in [6.45, 7) is 4.32. The molecule has 1 atom stereocenters. The highest BCUT2D eigenvalue weighted by molar-refractivity contribution is 5.75. The number of rotatable bonds is 7. The summed E-state index contributed by atoms with van der Waals surface area (Å²) in [6.07, 6.45) is 2.46. The molecule has 6 heteroatoms. The van der Waals surface area contributed by atoms with Gasteiger partial charge in [-0.1, -0.05) is 13.8 Å². The summed E-state index contributed by atoms with van der Waals surface area (Å²) in [5.74, 6) is -1.15. The van der Waals surface area contributed by atoms with Gasteiger partial charge >= 0.3 is 11.9 Å². The molecule has 0 bridgehead atoms. The van der Waals surface area contributed by atoms with Crippen LogP contribution in [-0.4, -0.2) is 47.4 Å². The van der Waals surface area contributed by atoms with Crippen LogP contribution in [0.15, 0.2) is 0 Å². The first-order valence-corrected chi connectivity index (χ1v) is 7.54. The third-order valence-electron chi connectivity index (χ3n) is 4.14. The van der Waals surface area contributed by atoms with Gasteiger partial charge in [0.2, 0.25) is 0 Å². The SMILES string of the molecule is COC(=O)C(CC(C)C)NCC1(O)CCC(C(=O)O)CC1. The van der Waals surface area contributed by atoms with Crippen molar-refractivity contribution in [3.63, 3.8) is 0 Å². The second kappa shape index (κ2) is 7.75. The molecule has 0 aromatic heterocycles. The van der Waals surface area contributed by atoms with Gasteiger partial charge in [-0.25, -0.2) is 0 Å². The fraction of sp³-hybridized carbons (Fsp3) is 0.867. The van der Waals surface area contributed by atoms with Gasteiger partial charge in [0, 0.05) is 6.54 Å². The largest absolute Gasteiger partial charge is 0.481 e. The molecule has 0 spiro atoms. The summed E-state index contributed by atoms with van der Waals surface area (Å²) in [6, 6.07) is -0.434. The number of carboxylic acid groups (broad SMARTS) is 1. The number of carbonyl (C=O) groups excluding carboxylic acids is 1. The Bertz CT molecular complexity index is 361. The number of methoxy groups -OCH3 is 1. The fourth-order valence-electron chi connectivity index (χ4n) is 2.77. The summed E-state index contributed by atoms with van der Waals surface area (Å²) in [4.78, 5) is 22.6. The lowest BCUT2D eigenvalue weighted by Gasteiger charge is -2.35. The second-order valence-corrected chi connectivity index (χ2v) is 6.42. The predicted molar refractivity (Wildman–Crippen MR) is 77.8 cm³/mol. The Labute approximate surface area is 125 Å². The van der Waals surface area contributed by atoms with Crippen molar-refractivity contribution in [2.75, 3.05) is 13.7 Å². The molecule has 0 radical (unpaired) electrons.